The highest BCUT2D eigenvalue weighted by atomic mass is 16.5. The van der Waals surface area contributed by atoms with Crippen LogP contribution in [-0.4, -0.2) is 62.0 Å². The molecule has 5 heteroatoms. The highest BCUT2D eigenvalue weighted by Crippen LogP contribution is 2.50. The minimum atomic E-state index is -0.00575. The number of carbonyl (C=O) groups excluding carboxylic acids is 2. The molecule has 1 spiro atoms. The molecule has 0 aromatic carbocycles. The summed E-state index contributed by atoms with van der Waals surface area (Å²) in [6.45, 7) is 2.78. The Morgan fingerprint density at radius 3 is 2.36 bits per heavy atom. The lowest BCUT2D eigenvalue weighted by molar-refractivity contribution is -0.138. The van der Waals surface area contributed by atoms with E-state index in [1.807, 2.05) is 19.0 Å². The first kappa shape index (κ1) is 15.8. The lowest BCUT2D eigenvalue weighted by Crippen LogP contribution is -2.39. The standard InChI is InChI=1S/C17H28N2O3/c1-18(2)16(21)14-11-19(12-17(14)7-3-4-8-17)15(20)13-5-9-22-10-6-13/h13-14H,3-12H2,1-2H3. The van der Waals surface area contributed by atoms with Crippen LogP contribution < -0.4 is 0 Å². The summed E-state index contributed by atoms with van der Waals surface area (Å²) in [5, 5.41) is 0. The molecule has 5 nitrogen and oxygen atoms in total. The zero-order valence-electron chi connectivity index (χ0n) is 13.8. The lowest BCUT2D eigenvalue weighted by atomic mass is 9.76. The Balaban J connectivity index is 1.75. The van der Waals surface area contributed by atoms with Crippen LogP contribution in [0.3, 0.4) is 0 Å². The molecule has 22 heavy (non-hydrogen) atoms. The molecule has 0 aromatic heterocycles. The maximum absolute atomic E-state index is 12.8. The predicted molar refractivity (Wildman–Crippen MR) is 83.2 cm³/mol. The summed E-state index contributed by atoms with van der Waals surface area (Å²) in [5.41, 5.74) is 0.0438. The SMILES string of the molecule is CN(C)C(=O)C1CN(C(=O)C2CCOCC2)CC12CCCC2. The first-order valence-electron chi connectivity index (χ1n) is 8.61. The van der Waals surface area contributed by atoms with Gasteiger partial charge in [-0.15, -0.1) is 0 Å². The second kappa shape index (κ2) is 6.19. The third-order valence-corrected chi connectivity index (χ3v) is 5.87. The van der Waals surface area contributed by atoms with Gasteiger partial charge in [0.25, 0.3) is 0 Å². The average Bonchev–Trinajstić information content (AvgIpc) is 3.15. The van der Waals surface area contributed by atoms with Crippen molar-refractivity contribution in [2.24, 2.45) is 17.3 Å². The van der Waals surface area contributed by atoms with Crippen molar-refractivity contribution >= 4 is 11.8 Å². The molecule has 1 saturated carbocycles. The van der Waals surface area contributed by atoms with Gasteiger partial charge in [0.2, 0.25) is 11.8 Å². The Labute approximate surface area is 133 Å². The number of nitrogens with zero attached hydrogens (tertiary/aromatic N) is 2. The van der Waals surface area contributed by atoms with Gasteiger partial charge in [-0.05, 0) is 25.7 Å². The molecule has 0 bridgehead atoms. The van der Waals surface area contributed by atoms with Gasteiger partial charge in [0.1, 0.15) is 0 Å². The number of hydrogen-bond acceptors (Lipinski definition) is 3. The van der Waals surface area contributed by atoms with E-state index in [1.165, 1.54) is 12.8 Å². The quantitative estimate of drug-likeness (QED) is 0.777. The molecule has 0 N–H and O–H groups in total. The molecule has 0 radical (unpaired) electrons. The fraction of sp³-hybridized carbons (Fsp3) is 0.882. The predicted octanol–water partition coefficient (Wildman–Crippen LogP) is 1.52. The summed E-state index contributed by atoms with van der Waals surface area (Å²) < 4.78 is 5.37. The second-order valence-corrected chi connectivity index (χ2v) is 7.46. The average molecular weight is 308 g/mol. The zero-order chi connectivity index (χ0) is 15.7. The van der Waals surface area contributed by atoms with Crippen LogP contribution in [0.1, 0.15) is 38.5 Å². The smallest absolute Gasteiger partial charge is 0.227 e. The van der Waals surface area contributed by atoms with Crippen LogP contribution >= 0.6 is 0 Å². The van der Waals surface area contributed by atoms with Crippen LogP contribution in [0.25, 0.3) is 0 Å². The number of likely N-dealkylation sites (tertiary alicyclic amines) is 1. The fourth-order valence-corrected chi connectivity index (χ4v) is 4.58. The summed E-state index contributed by atoms with van der Waals surface area (Å²) in [4.78, 5) is 29.1. The summed E-state index contributed by atoms with van der Waals surface area (Å²) in [5.74, 6) is 0.544. The first-order valence-corrected chi connectivity index (χ1v) is 8.61. The number of hydrogen-bond donors (Lipinski definition) is 0. The molecule has 2 aliphatic heterocycles. The van der Waals surface area contributed by atoms with Gasteiger partial charge in [-0.25, -0.2) is 0 Å². The van der Waals surface area contributed by atoms with Crippen molar-refractivity contribution in [2.45, 2.75) is 38.5 Å². The van der Waals surface area contributed by atoms with E-state index >= 15 is 0 Å². The topological polar surface area (TPSA) is 49.9 Å². The normalized spacial score (nSPS) is 28.3. The van der Waals surface area contributed by atoms with E-state index in [0.29, 0.717) is 19.8 Å². The third-order valence-electron chi connectivity index (χ3n) is 5.87. The largest absolute Gasteiger partial charge is 0.381 e. The maximum Gasteiger partial charge on any atom is 0.227 e. The van der Waals surface area contributed by atoms with Gasteiger partial charge in [0, 0.05) is 51.7 Å². The van der Waals surface area contributed by atoms with E-state index in [0.717, 1.165) is 32.2 Å². The van der Waals surface area contributed by atoms with E-state index in [2.05, 4.69) is 0 Å². The molecule has 124 valence electrons. The van der Waals surface area contributed by atoms with Crippen molar-refractivity contribution < 1.29 is 14.3 Å². The van der Waals surface area contributed by atoms with E-state index < -0.39 is 0 Å². The monoisotopic (exact) mass is 308 g/mol. The van der Waals surface area contributed by atoms with Crippen molar-refractivity contribution in [1.29, 1.82) is 0 Å². The third kappa shape index (κ3) is 2.75. The van der Waals surface area contributed by atoms with E-state index in [-0.39, 0.29) is 29.1 Å². The molecule has 1 aliphatic carbocycles. The number of rotatable bonds is 2. The summed E-state index contributed by atoms with van der Waals surface area (Å²) in [7, 11) is 3.65. The van der Waals surface area contributed by atoms with Gasteiger partial charge in [0.15, 0.2) is 0 Å². The molecule has 2 saturated heterocycles. The zero-order valence-corrected chi connectivity index (χ0v) is 13.8. The molecule has 1 atom stereocenters. The Morgan fingerprint density at radius 2 is 1.77 bits per heavy atom. The minimum Gasteiger partial charge on any atom is -0.381 e. The van der Waals surface area contributed by atoms with Gasteiger partial charge in [0.05, 0.1) is 5.92 Å². The molecule has 2 heterocycles. The van der Waals surface area contributed by atoms with Crippen molar-refractivity contribution in [3.05, 3.63) is 0 Å². The van der Waals surface area contributed by atoms with Crippen LogP contribution in [0, 0.1) is 17.3 Å². The van der Waals surface area contributed by atoms with Crippen LogP contribution in [0.2, 0.25) is 0 Å². The van der Waals surface area contributed by atoms with Crippen LogP contribution in [0.4, 0.5) is 0 Å². The maximum atomic E-state index is 12.8. The molecular formula is C17H28N2O3. The molecule has 3 aliphatic rings. The van der Waals surface area contributed by atoms with E-state index in [4.69, 9.17) is 4.74 Å². The van der Waals surface area contributed by atoms with Gasteiger partial charge < -0.3 is 14.5 Å². The van der Waals surface area contributed by atoms with Crippen LogP contribution in [0.5, 0.6) is 0 Å². The molecule has 1 unspecified atom stereocenters. The molecular weight excluding hydrogens is 280 g/mol. The highest BCUT2D eigenvalue weighted by molar-refractivity contribution is 5.84. The number of ether oxygens (including phenoxy) is 1. The van der Waals surface area contributed by atoms with Crippen molar-refractivity contribution in [2.75, 3.05) is 40.4 Å². The number of carbonyl (C=O) groups is 2. The summed E-state index contributed by atoms with van der Waals surface area (Å²) in [6, 6.07) is 0. The second-order valence-electron chi connectivity index (χ2n) is 7.46. The van der Waals surface area contributed by atoms with Gasteiger partial charge in [-0.3, -0.25) is 9.59 Å². The van der Waals surface area contributed by atoms with E-state index in [1.54, 1.807) is 4.90 Å². The minimum absolute atomic E-state index is 0.00575. The molecule has 2 amide bonds. The Kier molecular flexibility index (Phi) is 4.44. The fourth-order valence-electron chi connectivity index (χ4n) is 4.58. The van der Waals surface area contributed by atoms with E-state index in [9.17, 15) is 9.59 Å². The van der Waals surface area contributed by atoms with Gasteiger partial charge >= 0.3 is 0 Å². The first-order chi connectivity index (χ1) is 10.5. The lowest BCUT2D eigenvalue weighted by Gasteiger charge is -2.30. The Morgan fingerprint density at radius 1 is 1.14 bits per heavy atom. The molecule has 3 fully saturated rings. The Bertz CT molecular complexity index is 437. The summed E-state index contributed by atoms with van der Waals surface area (Å²) in [6.07, 6.45) is 6.22. The van der Waals surface area contributed by atoms with Crippen molar-refractivity contribution in [3.8, 4) is 0 Å². The summed E-state index contributed by atoms with van der Waals surface area (Å²) >= 11 is 0. The van der Waals surface area contributed by atoms with Crippen LogP contribution in [0.15, 0.2) is 0 Å². The van der Waals surface area contributed by atoms with Crippen molar-refractivity contribution in [1.82, 2.24) is 9.80 Å². The Hall–Kier alpha value is -1.10. The van der Waals surface area contributed by atoms with Crippen LogP contribution in [-0.2, 0) is 14.3 Å². The molecule has 0 aromatic rings. The van der Waals surface area contributed by atoms with Gasteiger partial charge in [-0.1, -0.05) is 12.8 Å². The van der Waals surface area contributed by atoms with Crippen molar-refractivity contribution in [3.63, 3.8) is 0 Å². The van der Waals surface area contributed by atoms with Gasteiger partial charge in [-0.2, -0.15) is 0 Å². The highest BCUT2D eigenvalue weighted by Gasteiger charge is 2.53. The molecule has 3 rings (SSSR count). The number of amides is 2.